The number of aromatic nitrogens is 1. The highest BCUT2D eigenvalue weighted by molar-refractivity contribution is 9.10. The van der Waals surface area contributed by atoms with Crippen LogP contribution in [0.25, 0.3) is 21.8 Å². The molecule has 4 rings (SSSR count). The van der Waals surface area contributed by atoms with Gasteiger partial charge in [-0.1, -0.05) is 37.9 Å². The molecule has 2 N–H and O–H groups in total. The van der Waals surface area contributed by atoms with Crippen LogP contribution in [0.5, 0.6) is 5.75 Å². The molecule has 1 unspecified atom stereocenters. The van der Waals surface area contributed by atoms with Gasteiger partial charge in [0.2, 0.25) is 0 Å². The van der Waals surface area contributed by atoms with Gasteiger partial charge in [0, 0.05) is 31.5 Å². The molecule has 0 amide bonds. The SMILES string of the molecule is COc1cccc(NC(n2c3ccc(Br)cc3c3cc(Br)ccc32)C(C)(C)O)c1. The van der Waals surface area contributed by atoms with Gasteiger partial charge >= 0.3 is 0 Å². The minimum absolute atomic E-state index is 0.406. The summed E-state index contributed by atoms with van der Waals surface area (Å²) in [6.07, 6.45) is -0.406. The number of benzene rings is 3. The molecule has 1 atom stereocenters. The first-order valence-corrected chi connectivity index (χ1v) is 10.9. The zero-order valence-corrected chi connectivity index (χ0v) is 19.6. The number of aliphatic hydroxyl groups is 1. The van der Waals surface area contributed by atoms with Crippen molar-refractivity contribution in [3.8, 4) is 5.75 Å². The summed E-state index contributed by atoms with van der Waals surface area (Å²) in [5, 5.41) is 16.9. The molecule has 0 saturated heterocycles. The molecule has 1 heterocycles. The van der Waals surface area contributed by atoms with E-state index in [9.17, 15) is 5.11 Å². The van der Waals surface area contributed by atoms with Gasteiger partial charge in [-0.15, -0.1) is 0 Å². The Balaban J connectivity index is 1.96. The molecular weight excluding hydrogens is 496 g/mol. The van der Waals surface area contributed by atoms with Gasteiger partial charge < -0.3 is 19.7 Å². The summed E-state index contributed by atoms with van der Waals surface area (Å²) in [5.74, 6) is 0.763. The molecule has 150 valence electrons. The van der Waals surface area contributed by atoms with E-state index in [0.717, 1.165) is 42.2 Å². The van der Waals surface area contributed by atoms with E-state index in [0.29, 0.717) is 0 Å². The van der Waals surface area contributed by atoms with Gasteiger partial charge in [0.15, 0.2) is 0 Å². The van der Waals surface area contributed by atoms with Crippen LogP contribution in [0.3, 0.4) is 0 Å². The molecule has 0 radical (unpaired) electrons. The normalized spacial score (nSPS) is 13.0. The van der Waals surface area contributed by atoms with Gasteiger partial charge in [0.1, 0.15) is 11.9 Å². The molecular formula is C23H22Br2N2O2. The summed E-state index contributed by atoms with van der Waals surface area (Å²) < 4.78 is 9.57. The number of halogens is 2. The number of anilines is 1. The molecule has 0 bridgehead atoms. The lowest BCUT2D eigenvalue weighted by Crippen LogP contribution is -2.38. The first-order chi connectivity index (χ1) is 13.8. The minimum atomic E-state index is -1.04. The van der Waals surface area contributed by atoms with E-state index in [-0.39, 0.29) is 0 Å². The number of fused-ring (bicyclic) bond motifs is 3. The smallest absolute Gasteiger partial charge is 0.132 e. The monoisotopic (exact) mass is 516 g/mol. The van der Waals surface area contributed by atoms with Gasteiger partial charge in [-0.25, -0.2) is 0 Å². The maximum absolute atomic E-state index is 11.1. The third-order valence-electron chi connectivity index (χ3n) is 5.03. The average molecular weight is 518 g/mol. The Bertz CT molecular complexity index is 1140. The summed E-state index contributed by atoms with van der Waals surface area (Å²) in [6.45, 7) is 3.64. The number of hydrogen-bond acceptors (Lipinski definition) is 3. The topological polar surface area (TPSA) is 46.4 Å². The van der Waals surface area contributed by atoms with Crippen LogP contribution in [0.4, 0.5) is 5.69 Å². The van der Waals surface area contributed by atoms with E-state index in [1.54, 1.807) is 7.11 Å². The van der Waals surface area contributed by atoms with E-state index in [1.165, 1.54) is 0 Å². The lowest BCUT2D eigenvalue weighted by molar-refractivity contribution is 0.0373. The van der Waals surface area contributed by atoms with Gasteiger partial charge in [-0.05, 0) is 62.4 Å². The van der Waals surface area contributed by atoms with Crippen molar-refractivity contribution in [1.82, 2.24) is 4.57 Å². The maximum atomic E-state index is 11.1. The molecule has 1 aromatic heterocycles. The van der Waals surface area contributed by atoms with Crippen molar-refractivity contribution in [2.24, 2.45) is 0 Å². The second kappa shape index (κ2) is 7.67. The third kappa shape index (κ3) is 3.89. The van der Waals surface area contributed by atoms with Crippen LogP contribution in [0, 0.1) is 0 Å². The number of methoxy groups -OCH3 is 1. The molecule has 6 heteroatoms. The number of nitrogens with one attached hydrogen (secondary N) is 1. The highest BCUT2D eigenvalue weighted by Crippen LogP contribution is 2.38. The molecule has 0 fully saturated rings. The van der Waals surface area contributed by atoms with Gasteiger partial charge in [-0.2, -0.15) is 0 Å². The second-order valence-corrected chi connectivity index (χ2v) is 9.46. The largest absolute Gasteiger partial charge is 0.497 e. The average Bonchev–Trinajstić information content (AvgIpc) is 2.98. The number of nitrogens with zero attached hydrogens (tertiary/aromatic N) is 1. The third-order valence-corrected chi connectivity index (χ3v) is 6.01. The Morgan fingerprint density at radius 1 is 0.931 bits per heavy atom. The first-order valence-electron chi connectivity index (χ1n) is 9.29. The Morgan fingerprint density at radius 2 is 1.52 bits per heavy atom. The minimum Gasteiger partial charge on any atom is -0.497 e. The van der Waals surface area contributed by atoms with Crippen molar-refractivity contribution >= 4 is 59.4 Å². The van der Waals surface area contributed by atoms with Crippen molar-refractivity contribution in [3.63, 3.8) is 0 Å². The maximum Gasteiger partial charge on any atom is 0.132 e. The van der Waals surface area contributed by atoms with E-state index in [2.05, 4.69) is 66.0 Å². The van der Waals surface area contributed by atoms with Crippen LogP contribution in [-0.2, 0) is 0 Å². The van der Waals surface area contributed by atoms with Crippen molar-refractivity contribution in [3.05, 3.63) is 69.6 Å². The fourth-order valence-corrected chi connectivity index (χ4v) is 4.43. The lowest BCUT2D eigenvalue weighted by atomic mass is 10.0. The van der Waals surface area contributed by atoms with E-state index in [1.807, 2.05) is 50.2 Å². The van der Waals surface area contributed by atoms with Crippen LogP contribution < -0.4 is 10.1 Å². The van der Waals surface area contributed by atoms with E-state index < -0.39 is 11.8 Å². The van der Waals surface area contributed by atoms with Crippen LogP contribution in [0.1, 0.15) is 20.0 Å². The zero-order chi connectivity index (χ0) is 20.8. The number of rotatable bonds is 5. The molecule has 4 aromatic rings. The highest BCUT2D eigenvalue weighted by atomic mass is 79.9. The molecule has 4 nitrogen and oxygen atoms in total. The Labute approximate surface area is 186 Å². The standard InChI is InChI=1S/C23H22Br2N2O2/c1-23(2,28)22(26-16-5-4-6-17(13-16)29-3)27-20-9-7-14(24)11-18(20)19-12-15(25)8-10-21(19)27/h4-13,22,26,28H,1-3H3. The highest BCUT2D eigenvalue weighted by Gasteiger charge is 2.31. The molecule has 0 aliphatic carbocycles. The van der Waals surface area contributed by atoms with Crippen molar-refractivity contribution in [2.75, 3.05) is 12.4 Å². The van der Waals surface area contributed by atoms with Gasteiger partial charge in [0.25, 0.3) is 0 Å². The molecule has 29 heavy (non-hydrogen) atoms. The Hall–Kier alpha value is -2.02. The molecule has 3 aromatic carbocycles. The second-order valence-electron chi connectivity index (χ2n) is 7.63. The lowest BCUT2D eigenvalue weighted by Gasteiger charge is -2.33. The summed E-state index contributed by atoms with van der Waals surface area (Å²) in [7, 11) is 1.65. The van der Waals surface area contributed by atoms with Crippen LogP contribution in [0.15, 0.2) is 69.6 Å². The van der Waals surface area contributed by atoms with Crippen LogP contribution in [0.2, 0.25) is 0 Å². The van der Waals surface area contributed by atoms with E-state index in [4.69, 9.17) is 4.74 Å². The Kier molecular flexibility index (Phi) is 5.36. The zero-order valence-electron chi connectivity index (χ0n) is 16.4. The van der Waals surface area contributed by atoms with Gasteiger partial charge in [0.05, 0.1) is 23.7 Å². The molecule has 0 aliphatic heterocycles. The predicted molar refractivity (Wildman–Crippen MR) is 127 cm³/mol. The summed E-state index contributed by atoms with van der Waals surface area (Å²) in [4.78, 5) is 0. The van der Waals surface area contributed by atoms with Crippen molar-refractivity contribution < 1.29 is 9.84 Å². The number of ether oxygens (including phenoxy) is 1. The fourth-order valence-electron chi connectivity index (χ4n) is 3.70. The van der Waals surface area contributed by atoms with Crippen molar-refractivity contribution in [2.45, 2.75) is 25.6 Å². The molecule has 0 aliphatic rings. The number of hydrogen-bond donors (Lipinski definition) is 2. The Morgan fingerprint density at radius 3 is 2.03 bits per heavy atom. The fraction of sp³-hybridized carbons (Fsp3) is 0.217. The quantitative estimate of drug-likeness (QED) is 0.309. The molecule has 0 spiro atoms. The van der Waals surface area contributed by atoms with Gasteiger partial charge in [-0.3, -0.25) is 0 Å². The summed E-state index contributed by atoms with van der Waals surface area (Å²) in [6, 6.07) is 20.2. The summed E-state index contributed by atoms with van der Waals surface area (Å²) >= 11 is 7.18. The van der Waals surface area contributed by atoms with Crippen LogP contribution >= 0.6 is 31.9 Å². The summed E-state index contributed by atoms with van der Waals surface area (Å²) in [5.41, 5.74) is 1.93. The van der Waals surface area contributed by atoms with E-state index >= 15 is 0 Å². The predicted octanol–water partition coefficient (Wildman–Crippen LogP) is 6.71. The molecule has 0 saturated carbocycles. The first kappa shape index (κ1) is 20.3. The van der Waals surface area contributed by atoms with Crippen molar-refractivity contribution in [1.29, 1.82) is 0 Å². The van der Waals surface area contributed by atoms with Crippen LogP contribution in [-0.4, -0.2) is 22.4 Å².